The highest BCUT2D eigenvalue weighted by Gasteiger charge is 2.26. The third-order valence-corrected chi connectivity index (χ3v) is 3.51. The molecule has 19 heavy (non-hydrogen) atoms. The molecule has 0 aliphatic heterocycles. The predicted molar refractivity (Wildman–Crippen MR) is 77.5 cm³/mol. The Bertz CT molecular complexity index is 396. The number of halogens is 1. The van der Waals surface area contributed by atoms with Crippen LogP contribution in [0.3, 0.4) is 0 Å². The Balaban J connectivity index is 1.78. The van der Waals surface area contributed by atoms with Crippen molar-refractivity contribution in [2.24, 2.45) is 5.41 Å². The maximum absolute atomic E-state index is 12.9. The van der Waals surface area contributed by atoms with Crippen LogP contribution in [0, 0.1) is 11.2 Å². The highest BCUT2D eigenvalue weighted by atomic mass is 19.1. The summed E-state index contributed by atoms with van der Waals surface area (Å²) in [6.07, 6.45) is 2.67. The van der Waals surface area contributed by atoms with Crippen LogP contribution in [0.1, 0.15) is 32.3 Å². The second-order valence-electron chi connectivity index (χ2n) is 6.62. The highest BCUT2D eigenvalue weighted by molar-refractivity contribution is 5.15. The summed E-state index contributed by atoms with van der Waals surface area (Å²) in [5, 5.41) is 3.60. The van der Waals surface area contributed by atoms with Crippen molar-refractivity contribution >= 4 is 0 Å². The lowest BCUT2D eigenvalue weighted by Gasteiger charge is -2.30. The number of nitrogens with one attached hydrogen (secondary N) is 1. The average Bonchev–Trinajstić information content (AvgIpc) is 3.13. The Morgan fingerprint density at radius 3 is 2.47 bits per heavy atom. The molecule has 0 radical (unpaired) electrons. The summed E-state index contributed by atoms with van der Waals surface area (Å²) in [7, 11) is 2.13. The fourth-order valence-electron chi connectivity index (χ4n) is 2.45. The zero-order valence-electron chi connectivity index (χ0n) is 12.2. The van der Waals surface area contributed by atoms with Crippen LogP contribution in [0.5, 0.6) is 0 Å². The van der Waals surface area contributed by atoms with Gasteiger partial charge in [-0.3, -0.25) is 0 Å². The lowest BCUT2D eigenvalue weighted by Crippen LogP contribution is -2.39. The Labute approximate surface area is 116 Å². The molecule has 2 nitrogen and oxygen atoms in total. The van der Waals surface area contributed by atoms with Gasteiger partial charge in [-0.1, -0.05) is 26.0 Å². The molecule has 1 N–H and O–H groups in total. The molecule has 0 atom stereocenters. The van der Waals surface area contributed by atoms with Gasteiger partial charge < -0.3 is 10.2 Å². The Morgan fingerprint density at radius 1 is 1.26 bits per heavy atom. The van der Waals surface area contributed by atoms with Crippen molar-refractivity contribution in [2.45, 2.75) is 39.3 Å². The highest BCUT2D eigenvalue weighted by Crippen LogP contribution is 2.22. The van der Waals surface area contributed by atoms with Gasteiger partial charge in [0, 0.05) is 25.7 Å². The van der Waals surface area contributed by atoms with Crippen molar-refractivity contribution in [2.75, 3.05) is 20.1 Å². The monoisotopic (exact) mass is 264 g/mol. The van der Waals surface area contributed by atoms with Crippen molar-refractivity contribution in [3.8, 4) is 0 Å². The van der Waals surface area contributed by atoms with Gasteiger partial charge in [0.15, 0.2) is 0 Å². The van der Waals surface area contributed by atoms with Crippen LogP contribution in [0.15, 0.2) is 24.3 Å². The largest absolute Gasteiger partial charge is 0.313 e. The fourth-order valence-corrected chi connectivity index (χ4v) is 2.45. The molecule has 0 saturated heterocycles. The third kappa shape index (κ3) is 5.29. The summed E-state index contributed by atoms with van der Waals surface area (Å²) in [5.41, 5.74) is 1.42. The molecule has 2 rings (SSSR count). The average molecular weight is 264 g/mol. The maximum Gasteiger partial charge on any atom is 0.123 e. The lowest BCUT2D eigenvalue weighted by molar-refractivity contribution is 0.198. The van der Waals surface area contributed by atoms with Gasteiger partial charge in [0.1, 0.15) is 5.82 Å². The molecule has 0 amide bonds. The number of hydrogen-bond donors (Lipinski definition) is 1. The van der Waals surface area contributed by atoms with E-state index in [1.165, 1.54) is 25.0 Å². The van der Waals surface area contributed by atoms with Gasteiger partial charge in [-0.15, -0.1) is 0 Å². The van der Waals surface area contributed by atoms with Gasteiger partial charge in [-0.25, -0.2) is 4.39 Å². The van der Waals surface area contributed by atoms with Gasteiger partial charge >= 0.3 is 0 Å². The van der Waals surface area contributed by atoms with Gasteiger partial charge in [0.2, 0.25) is 0 Å². The SMILES string of the molecule is CN(Cc1ccc(F)cc1)CC(C)(C)CNC1CC1. The Hall–Kier alpha value is -0.930. The molecular formula is C16H25FN2. The van der Waals surface area contributed by atoms with E-state index in [1.54, 1.807) is 0 Å². The van der Waals surface area contributed by atoms with E-state index >= 15 is 0 Å². The minimum atomic E-state index is -0.166. The van der Waals surface area contributed by atoms with Crippen LogP contribution in [-0.4, -0.2) is 31.1 Å². The molecule has 0 spiro atoms. The zero-order chi connectivity index (χ0) is 13.9. The normalized spacial score (nSPS) is 16.1. The van der Waals surface area contributed by atoms with Gasteiger partial charge in [-0.2, -0.15) is 0 Å². The fraction of sp³-hybridized carbons (Fsp3) is 0.625. The number of rotatable bonds is 7. The van der Waals surface area contributed by atoms with Gasteiger partial charge in [0.25, 0.3) is 0 Å². The molecular weight excluding hydrogens is 239 g/mol. The van der Waals surface area contributed by atoms with E-state index < -0.39 is 0 Å². The molecule has 1 aromatic rings. The van der Waals surface area contributed by atoms with E-state index in [1.807, 2.05) is 12.1 Å². The summed E-state index contributed by atoms with van der Waals surface area (Å²) in [5.74, 6) is -0.166. The molecule has 0 heterocycles. The first kappa shape index (κ1) is 14.5. The smallest absolute Gasteiger partial charge is 0.123 e. The number of benzene rings is 1. The topological polar surface area (TPSA) is 15.3 Å². The van der Waals surface area contributed by atoms with E-state index in [0.29, 0.717) is 0 Å². The van der Waals surface area contributed by atoms with Crippen LogP contribution < -0.4 is 5.32 Å². The van der Waals surface area contributed by atoms with Gasteiger partial charge in [0.05, 0.1) is 0 Å². The van der Waals surface area contributed by atoms with E-state index in [2.05, 4.69) is 31.1 Å². The Kier molecular flexibility index (Phi) is 4.58. The summed E-state index contributed by atoms with van der Waals surface area (Å²) in [6.45, 7) is 7.55. The van der Waals surface area contributed by atoms with E-state index in [0.717, 1.165) is 31.2 Å². The van der Waals surface area contributed by atoms with E-state index in [4.69, 9.17) is 0 Å². The summed E-state index contributed by atoms with van der Waals surface area (Å²) >= 11 is 0. The van der Waals surface area contributed by atoms with Crippen LogP contribution in [0.2, 0.25) is 0 Å². The molecule has 0 aromatic heterocycles. The second kappa shape index (κ2) is 6.02. The first-order chi connectivity index (χ1) is 8.94. The number of hydrogen-bond acceptors (Lipinski definition) is 2. The molecule has 1 fully saturated rings. The van der Waals surface area contributed by atoms with Crippen LogP contribution in [0.25, 0.3) is 0 Å². The van der Waals surface area contributed by atoms with Crippen molar-refractivity contribution in [1.82, 2.24) is 10.2 Å². The predicted octanol–water partition coefficient (Wildman–Crippen LogP) is 3.04. The van der Waals surface area contributed by atoms with Crippen LogP contribution >= 0.6 is 0 Å². The van der Waals surface area contributed by atoms with Crippen LogP contribution in [0.4, 0.5) is 4.39 Å². The minimum Gasteiger partial charge on any atom is -0.313 e. The summed E-state index contributed by atoms with van der Waals surface area (Å²) in [6, 6.07) is 7.55. The maximum atomic E-state index is 12.9. The molecule has 1 aromatic carbocycles. The molecule has 0 unspecified atom stereocenters. The lowest BCUT2D eigenvalue weighted by atomic mass is 9.92. The van der Waals surface area contributed by atoms with Crippen LogP contribution in [-0.2, 0) is 6.54 Å². The van der Waals surface area contributed by atoms with E-state index in [9.17, 15) is 4.39 Å². The summed E-state index contributed by atoms with van der Waals surface area (Å²) < 4.78 is 12.9. The van der Waals surface area contributed by atoms with Gasteiger partial charge in [-0.05, 0) is 43.0 Å². The van der Waals surface area contributed by atoms with Crippen molar-refractivity contribution in [3.63, 3.8) is 0 Å². The molecule has 106 valence electrons. The first-order valence-corrected chi connectivity index (χ1v) is 7.11. The zero-order valence-corrected chi connectivity index (χ0v) is 12.2. The van der Waals surface area contributed by atoms with Crippen molar-refractivity contribution in [3.05, 3.63) is 35.6 Å². The quantitative estimate of drug-likeness (QED) is 0.814. The first-order valence-electron chi connectivity index (χ1n) is 7.11. The minimum absolute atomic E-state index is 0.166. The Morgan fingerprint density at radius 2 is 1.89 bits per heavy atom. The van der Waals surface area contributed by atoms with Crippen molar-refractivity contribution in [1.29, 1.82) is 0 Å². The molecule has 1 aliphatic carbocycles. The molecule has 1 aliphatic rings. The molecule has 0 bridgehead atoms. The van der Waals surface area contributed by atoms with E-state index in [-0.39, 0.29) is 11.2 Å². The summed E-state index contributed by atoms with van der Waals surface area (Å²) in [4.78, 5) is 2.31. The molecule has 1 saturated carbocycles. The second-order valence-corrected chi connectivity index (χ2v) is 6.62. The third-order valence-electron chi connectivity index (χ3n) is 3.51. The van der Waals surface area contributed by atoms with Crippen molar-refractivity contribution < 1.29 is 4.39 Å². The standard InChI is InChI=1S/C16H25FN2/c1-16(2,11-18-15-8-9-15)12-19(3)10-13-4-6-14(17)7-5-13/h4-7,15,18H,8-12H2,1-3H3. The molecule has 3 heteroatoms. The number of nitrogens with zero attached hydrogens (tertiary/aromatic N) is 1.